The third-order valence-corrected chi connectivity index (χ3v) is 2.56. The summed E-state index contributed by atoms with van der Waals surface area (Å²) in [6.07, 6.45) is 3.84. The van der Waals surface area contributed by atoms with Crippen LogP contribution in [0.3, 0.4) is 0 Å². The second kappa shape index (κ2) is 4.77. The molecule has 0 radical (unpaired) electrons. The lowest BCUT2D eigenvalue weighted by atomic mass is 10.0. The molecule has 0 spiro atoms. The molecule has 0 aromatic carbocycles. The van der Waals surface area contributed by atoms with E-state index < -0.39 is 0 Å². The highest BCUT2D eigenvalue weighted by atomic mass is 16.5. The van der Waals surface area contributed by atoms with Crippen LogP contribution < -0.4 is 0 Å². The molecule has 1 fully saturated rings. The smallest absolute Gasteiger partial charge is 0.0838 e. The second-order valence-corrected chi connectivity index (χ2v) is 4.13. The summed E-state index contributed by atoms with van der Waals surface area (Å²) in [4.78, 5) is 0. The molecule has 1 heterocycles. The molecule has 3 unspecified atom stereocenters. The Morgan fingerprint density at radius 3 is 2.77 bits per heavy atom. The molecule has 1 saturated heterocycles. The van der Waals surface area contributed by atoms with Gasteiger partial charge in [-0.15, -0.1) is 6.58 Å². The molecule has 1 aliphatic heterocycles. The van der Waals surface area contributed by atoms with Gasteiger partial charge in [0, 0.05) is 0 Å². The molecule has 2 heteroatoms. The van der Waals surface area contributed by atoms with Gasteiger partial charge in [-0.3, -0.25) is 0 Å². The summed E-state index contributed by atoms with van der Waals surface area (Å²) in [5.41, 5.74) is 1.13. The zero-order valence-corrected chi connectivity index (χ0v) is 8.62. The van der Waals surface area contributed by atoms with Crippen molar-refractivity contribution in [2.45, 2.75) is 57.8 Å². The molecule has 0 aromatic rings. The average Bonchev–Trinajstić information content (AvgIpc) is 2.47. The van der Waals surface area contributed by atoms with Crippen molar-refractivity contribution in [2.24, 2.45) is 0 Å². The average molecular weight is 184 g/mol. The van der Waals surface area contributed by atoms with Crippen LogP contribution in [-0.2, 0) is 4.74 Å². The third-order valence-electron chi connectivity index (χ3n) is 2.56. The standard InChI is InChI=1S/C11H20O2/c1-8(2)4-6-10(12)11-7-5-9(3)13-11/h9-12H,1,4-7H2,2-3H3. The quantitative estimate of drug-likeness (QED) is 0.679. The second-order valence-electron chi connectivity index (χ2n) is 4.13. The predicted molar refractivity (Wildman–Crippen MR) is 53.6 cm³/mol. The Morgan fingerprint density at radius 1 is 1.62 bits per heavy atom. The Balaban J connectivity index is 2.23. The van der Waals surface area contributed by atoms with E-state index >= 15 is 0 Å². The maximum atomic E-state index is 9.75. The van der Waals surface area contributed by atoms with Crippen LogP contribution in [0.25, 0.3) is 0 Å². The highest BCUT2D eigenvalue weighted by molar-refractivity contribution is 4.89. The van der Waals surface area contributed by atoms with Gasteiger partial charge in [-0.1, -0.05) is 5.57 Å². The van der Waals surface area contributed by atoms with Crippen LogP contribution in [0.2, 0.25) is 0 Å². The van der Waals surface area contributed by atoms with Crippen molar-refractivity contribution in [3.05, 3.63) is 12.2 Å². The molecule has 0 bridgehead atoms. The highest BCUT2D eigenvalue weighted by Gasteiger charge is 2.27. The monoisotopic (exact) mass is 184 g/mol. The Labute approximate surface area is 80.6 Å². The van der Waals surface area contributed by atoms with Crippen molar-refractivity contribution in [1.29, 1.82) is 0 Å². The van der Waals surface area contributed by atoms with Gasteiger partial charge >= 0.3 is 0 Å². The first-order valence-electron chi connectivity index (χ1n) is 5.07. The maximum absolute atomic E-state index is 9.75. The number of aliphatic hydroxyl groups excluding tert-OH is 1. The fourth-order valence-corrected chi connectivity index (χ4v) is 1.70. The van der Waals surface area contributed by atoms with E-state index in [0.29, 0.717) is 6.10 Å². The lowest BCUT2D eigenvalue weighted by Gasteiger charge is -2.18. The van der Waals surface area contributed by atoms with Gasteiger partial charge in [-0.05, 0) is 39.5 Å². The van der Waals surface area contributed by atoms with Gasteiger partial charge in [0.15, 0.2) is 0 Å². The Hall–Kier alpha value is -0.340. The summed E-state index contributed by atoms with van der Waals surface area (Å²) in [6, 6.07) is 0. The van der Waals surface area contributed by atoms with E-state index in [9.17, 15) is 5.11 Å². The number of hydrogen-bond donors (Lipinski definition) is 1. The summed E-state index contributed by atoms with van der Waals surface area (Å²) in [7, 11) is 0. The zero-order chi connectivity index (χ0) is 9.84. The Bertz CT molecular complexity index is 177. The lowest BCUT2D eigenvalue weighted by molar-refractivity contribution is -0.0311. The van der Waals surface area contributed by atoms with Crippen LogP contribution in [0.5, 0.6) is 0 Å². The molecular weight excluding hydrogens is 164 g/mol. The molecule has 13 heavy (non-hydrogen) atoms. The predicted octanol–water partition coefficient (Wildman–Crippen LogP) is 2.27. The molecule has 1 aliphatic rings. The van der Waals surface area contributed by atoms with E-state index in [-0.39, 0.29) is 12.2 Å². The molecule has 0 amide bonds. The lowest BCUT2D eigenvalue weighted by Crippen LogP contribution is -2.25. The number of rotatable bonds is 4. The minimum atomic E-state index is -0.304. The van der Waals surface area contributed by atoms with Crippen LogP contribution >= 0.6 is 0 Å². The Morgan fingerprint density at radius 2 is 2.31 bits per heavy atom. The number of allylic oxidation sites excluding steroid dienone is 1. The largest absolute Gasteiger partial charge is 0.390 e. The number of aliphatic hydroxyl groups is 1. The van der Waals surface area contributed by atoms with Gasteiger partial charge in [0.25, 0.3) is 0 Å². The zero-order valence-electron chi connectivity index (χ0n) is 8.62. The molecule has 76 valence electrons. The first-order chi connectivity index (χ1) is 6.09. The topological polar surface area (TPSA) is 29.5 Å². The first-order valence-corrected chi connectivity index (χ1v) is 5.07. The van der Waals surface area contributed by atoms with E-state index in [4.69, 9.17) is 4.74 Å². The van der Waals surface area contributed by atoms with Crippen LogP contribution in [0.4, 0.5) is 0 Å². The fraction of sp³-hybridized carbons (Fsp3) is 0.818. The highest BCUT2D eigenvalue weighted by Crippen LogP contribution is 2.24. The normalized spacial score (nSPS) is 30.4. The molecule has 0 aromatic heterocycles. The van der Waals surface area contributed by atoms with Gasteiger partial charge in [-0.25, -0.2) is 0 Å². The van der Waals surface area contributed by atoms with Crippen molar-refractivity contribution in [3.8, 4) is 0 Å². The fourth-order valence-electron chi connectivity index (χ4n) is 1.70. The van der Waals surface area contributed by atoms with Crippen molar-refractivity contribution < 1.29 is 9.84 Å². The van der Waals surface area contributed by atoms with Crippen molar-refractivity contribution in [2.75, 3.05) is 0 Å². The number of hydrogen-bond acceptors (Lipinski definition) is 2. The molecule has 3 atom stereocenters. The van der Waals surface area contributed by atoms with Crippen LogP contribution in [0, 0.1) is 0 Å². The van der Waals surface area contributed by atoms with Gasteiger partial charge in [0.05, 0.1) is 18.3 Å². The Kier molecular flexibility index (Phi) is 3.94. The summed E-state index contributed by atoms with van der Waals surface area (Å²) in [6.45, 7) is 7.87. The van der Waals surface area contributed by atoms with Crippen molar-refractivity contribution in [1.82, 2.24) is 0 Å². The van der Waals surface area contributed by atoms with E-state index in [1.807, 2.05) is 6.92 Å². The third kappa shape index (κ3) is 3.49. The minimum Gasteiger partial charge on any atom is -0.390 e. The SMILES string of the molecule is C=C(C)CCC(O)C1CCC(C)O1. The van der Waals surface area contributed by atoms with Crippen LogP contribution in [0.1, 0.15) is 39.5 Å². The van der Waals surface area contributed by atoms with Gasteiger partial charge < -0.3 is 9.84 Å². The molecule has 1 rings (SSSR count). The summed E-state index contributed by atoms with van der Waals surface area (Å²) in [5, 5.41) is 9.75. The molecule has 2 nitrogen and oxygen atoms in total. The van der Waals surface area contributed by atoms with E-state index in [0.717, 1.165) is 31.3 Å². The minimum absolute atomic E-state index is 0.0642. The summed E-state index contributed by atoms with van der Waals surface area (Å²) >= 11 is 0. The van der Waals surface area contributed by atoms with Crippen LogP contribution in [0.15, 0.2) is 12.2 Å². The van der Waals surface area contributed by atoms with Gasteiger partial charge in [0.1, 0.15) is 0 Å². The molecule has 1 N–H and O–H groups in total. The number of ether oxygens (including phenoxy) is 1. The first kappa shape index (κ1) is 10.7. The van der Waals surface area contributed by atoms with E-state index in [1.54, 1.807) is 0 Å². The molecular formula is C11H20O2. The van der Waals surface area contributed by atoms with Gasteiger partial charge in [0.2, 0.25) is 0 Å². The summed E-state index contributed by atoms with van der Waals surface area (Å²) in [5.74, 6) is 0. The molecule has 0 aliphatic carbocycles. The molecule has 0 saturated carbocycles. The van der Waals surface area contributed by atoms with Crippen LogP contribution in [-0.4, -0.2) is 23.4 Å². The van der Waals surface area contributed by atoms with E-state index in [2.05, 4.69) is 13.5 Å². The summed E-state index contributed by atoms with van der Waals surface area (Å²) < 4.78 is 5.58. The van der Waals surface area contributed by atoms with Crippen molar-refractivity contribution >= 4 is 0 Å². The van der Waals surface area contributed by atoms with E-state index in [1.165, 1.54) is 0 Å². The van der Waals surface area contributed by atoms with Gasteiger partial charge in [-0.2, -0.15) is 0 Å². The maximum Gasteiger partial charge on any atom is 0.0838 e. The van der Waals surface area contributed by atoms with Crippen molar-refractivity contribution in [3.63, 3.8) is 0 Å².